The van der Waals surface area contributed by atoms with Crippen molar-refractivity contribution in [2.24, 2.45) is 0 Å². The van der Waals surface area contributed by atoms with E-state index in [-0.39, 0.29) is 0 Å². The minimum absolute atomic E-state index is 0.446. The van der Waals surface area contributed by atoms with Gasteiger partial charge in [0, 0.05) is 18.2 Å². The van der Waals surface area contributed by atoms with Crippen molar-refractivity contribution in [2.75, 3.05) is 0 Å². The van der Waals surface area contributed by atoms with Crippen LogP contribution in [0.3, 0.4) is 0 Å². The first-order valence-corrected chi connectivity index (χ1v) is 13.5. The van der Waals surface area contributed by atoms with Gasteiger partial charge in [-0.1, -0.05) is 84.9 Å². The van der Waals surface area contributed by atoms with Gasteiger partial charge in [0.1, 0.15) is 23.9 Å². The molecule has 0 radical (unpaired) electrons. The van der Waals surface area contributed by atoms with Crippen molar-refractivity contribution in [1.29, 1.82) is 0 Å². The van der Waals surface area contributed by atoms with Gasteiger partial charge in [0.05, 0.1) is 11.0 Å². The highest BCUT2D eigenvalue weighted by Gasteiger charge is 2.13. The Balaban J connectivity index is 1.10. The summed E-state index contributed by atoms with van der Waals surface area (Å²) in [4.78, 5) is 17.4. The minimum Gasteiger partial charge on any atom is -0.489 e. The van der Waals surface area contributed by atoms with E-state index in [1.807, 2.05) is 103 Å². The number of hydrogen-bond acceptors (Lipinski definition) is 4. The Labute approximate surface area is 239 Å². The van der Waals surface area contributed by atoms with E-state index in [9.17, 15) is 4.79 Å². The number of imidazole rings is 1. The molecule has 6 aromatic rings. The molecule has 0 N–H and O–H groups in total. The number of hydrogen-bond donors (Lipinski definition) is 0. The molecule has 1 aromatic heterocycles. The van der Waals surface area contributed by atoms with Gasteiger partial charge in [-0.05, 0) is 71.3 Å². The third-order valence-electron chi connectivity index (χ3n) is 6.71. The van der Waals surface area contributed by atoms with Gasteiger partial charge in [-0.3, -0.25) is 0 Å². The zero-order valence-electron chi connectivity index (χ0n) is 22.4. The predicted molar refractivity (Wildman–Crippen MR) is 163 cm³/mol. The van der Waals surface area contributed by atoms with E-state index in [4.69, 9.17) is 14.5 Å². The van der Waals surface area contributed by atoms with Crippen LogP contribution in [0.25, 0.3) is 28.5 Å². The Bertz CT molecular complexity index is 1770. The predicted octanol–water partition coefficient (Wildman–Crippen LogP) is 7.95. The van der Waals surface area contributed by atoms with E-state index in [2.05, 4.69) is 22.8 Å². The molecule has 0 spiro atoms. The molecular formula is C36H28N2O3. The van der Waals surface area contributed by atoms with Crippen LogP contribution in [0.5, 0.6) is 11.5 Å². The molecule has 5 heteroatoms. The van der Waals surface area contributed by atoms with Crippen molar-refractivity contribution in [3.8, 4) is 22.9 Å². The van der Waals surface area contributed by atoms with E-state index < -0.39 is 5.97 Å². The van der Waals surface area contributed by atoms with E-state index in [1.54, 1.807) is 18.2 Å². The third-order valence-corrected chi connectivity index (χ3v) is 6.71. The first-order chi connectivity index (χ1) is 20.2. The summed E-state index contributed by atoms with van der Waals surface area (Å²) in [6.45, 7) is 1.21. The molecule has 200 valence electrons. The van der Waals surface area contributed by atoms with Gasteiger partial charge in [-0.2, -0.15) is 0 Å². The number of carbonyl (C=O) groups excluding carboxylic acids is 1. The Kier molecular flexibility index (Phi) is 7.68. The Morgan fingerprint density at radius 3 is 2.05 bits per heavy atom. The number of benzene rings is 5. The quantitative estimate of drug-likeness (QED) is 0.107. The zero-order chi connectivity index (χ0) is 27.9. The molecule has 0 unspecified atom stereocenters. The molecule has 0 aliphatic rings. The number of fused-ring (bicyclic) bond motifs is 1. The van der Waals surface area contributed by atoms with Gasteiger partial charge in [0.25, 0.3) is 0 Å². The lowest BCUT2D eigenvalue weighted by molar-refractivity contribution is -0.128. The summed E-state index contributed by atoms with van der Waals surface area (Å²) in [6, 6.07) is 43.5. The topological polar surface area (TPSA) is 53.4 Å². The number of para-hydroxylation sites is 2. The summed E-state index contributed by atoms with van der Waals surface area (Å²) in [5.74, 6) is 1.66. The van der Waals surface area contributed by atoms with Crippen LogP contribution >= 0.6 is 0 Å². The lowest BCUT2D eigenvalue weighted by atomic mass is 10.2. The van der Waals surface area contributed by atoms with Gasteiger partial charge >= 0.3 is 5.97 Å². The number of ether oxygens (including phenoxy) is 2. The Morgan fingerprint density at radius 2 is 1.32 bits per heavy atom. The zero-order valence-corrected chi connectivity index (χ0v) is 22.4. The van der Waals surface area contributed by atoms with Gasteiger partial charge in [-0.15, -0.1) is 0 Å². The third kappa shape index (κ3) is 6.43. The van der Waals surface area contributed by atoms with E-state index in [0.717, 1.165) is 39.3 Å². The number of aromatic nitrogens is 2. The van der Waals surface area contributed by atoms with Gasteiger partial charge in [0.2, 0.25) is 0 Å². The fourth-order valence-corrected chi connectivity index (χ4v) is 4.62. The number of carbonyl (C=O) groups is 1. The summed E-state index contributed by atoms with van der Waals surface area (Å²) in [7, 11) is 0. The molecule has 1 heterocycles. The average Bonchev–Trinajstić information content (AvgIpc) is 3.39. The summed E-state index contributed by atoms with van der Waals surface area (Å²) in [5, 5.41) is 0. The highest BCUT2D eigenvalue weighted by Crippen LogP contribution is 2.27. The largest absolute Gasteiger partial charge is 0.489 e. The summed E-state index contributed by atoms with van der Waals surface area (Å²) >= 11 is 0. The van der Waals surface area contributed by atoms with E-state index in [0.29, 0.717) is 18.9 Å². The SMILES string of the molecule is O=C(/C=C/c1ccc(OCc2ccccc2)cc1)Oc1ccc(-c2nc3ccccc3n2Cc2ccccc2)cc1. The highest BCUT2D eigenvalue weighted by molar-refractivity contribution is 5.89. The minimum atomic E-state index is -0.446. The fourth-order valence-electron chi connectivity index (χ4n) is 4.62. The Hall–Kier alpha value is -5.42. The Morgan fingerprint density at radius 1 is 0.683 bits per heavy atom. The van der Waals surface area contributed by atoms with Crippen LogP contribution in [0.1, 0.15) is 16.7 Å². The fraction of sp³-hybridized carbons (Fsp3) is 0.0556. The lowest BCUT2D eigenvalue weighted by Crippen LogP contribution is -2.04. The van der Waals surface area contributed by atoms with Gasteiger partial charge in [0.15, 0.2) is 0 Å². The second-order valence-corrected chi connectivity index (χ2v) is 9.62. The molecule has 0 amide bonds. The van der Waals surface area contributed by atoms with Crippen LogP contribution < -0.4 is 9.47 Å². The van der Waals surface area contributed by atoms with Crippen molar-refractivity contribution in [2.45, 2.75) is 13.2 Å². The summed E-state index contributed by atoms with van der Waals surface area (Å²) in [6.07, 6.45) is 3.15. The molecule has 0 aliphatic heterocycles. The van der Waals surface area contributed by atoms with Crippen LogP contribution in [0, 0.1) is 0 Å². The molecule has 41 heavy (non-hydrogen) atoms. The van der Waals surface area contributed by atoms with Crippen molar-refractivity contribution in [3.05, 3.63) is 156 Å². The maximum Gasteiger partial charge on any atom is 0.336 e. The lowest BCUT2D eigenvalue weighted by Gasteiger charge is -2.10. The average molecular weight is 537 g/mol. The summed E-state index contributed by atoms with van der Waals surface area (Å²) in [5.41, 5.74) is 6.14. The maximum atomic E-state index is 12.5. The molecule has 0 atom stereocenters. The van der Waals surface area contributed by atoms with Gasteiger partial charge in [-0.25, -0.2) is 9.78 Å². The molecule has 0 aliphatic carbocycles. The molecule has 5 aromatic carbocycles. The second kappa shape index (κ2) is 12.2. The number of nitrogens with zero attached hydrogens (tertiary/aromatic N) is 2. The molecule has 5 nitrogen and oxygen atoms in total. The van der Waals surface area contributed by atoms with Crippen LogP contribution in [0.15, 0.2) is 140 Å². The molecular weight excluding hydrogens is 508 g/mol. The van der Waals surface area contributed by atoms with Crippen molar-refractivity contribution < 1.29 is 14.3 Å². The van der Waals surface area contributed by atoms with E-state index in [1.165, 1.54) is 11.6 Å². The van der Waals surface area contributed by atoms with Crippen molar-refractivity contribution >= 4 is 23.1 Å². The second-order valence-electron chi connectivity index (χ2n) is 9.62. The van der Waals surface area contributed by atoms with Gasteiger partial charge < -0.3 is 14.0 Å². The van der Waals surface area contributed by atoms with Crippen molar-refractivity contribution in [1.82, 2.24) is 9.55 Å². The monoisotopic (exact) mass is 536 g/mol. The highest BCUT2D eigenvalue weighted by atomic mass is 16.5. The summed E-state index contributed by atoms with van der Waals surface area (Å²) < 4.78 is 13.6. The number of rotatable bonds is 9. The smallest absolute Gasteiger partial charge is 0.336 e. The van der Waals surface area contributed by atoms with Crippen LogP contribution in [0.4, 0.5) is 0 Å². The normalized spacial score (nSPS) is 11.1. The van der Waals surface area contributed by atoms with Crippen LogP contribution in [0.2, 0.25) is 0 Å². The molecule has 0 saturated heterocycles. The molecule has 0 fully saturated rings. The molecule has 6 rings (SSSR count). The molecule has 0 saturated carbocycles. The standard InChI is InChI=1S/C36H28N2O3/c39-35(24-17-27-15-20-31(21-16-27)40-26-29-11-5-2-6-12-29)41-32-22-18-30(19-23-32)36-37-33-13-7-8-14-34(33)38(36)25-28-9-3-1-4-10-28/h1-24H,25-26H2/b24-17+. The van der Waals surface area contributed by atoms with Crippen LogP contribution in [-0.4, -0.2) is 15.5 Å². The van der Waals surface area contributed by atoms with Crippen LogP contribution in [-0.2, 0) is 17.9 Å². The first-order valence-electron chi connectivity index (χ1n) is 13.5. The first kappa shape index (κ1) is 25.8. The van der Waals surface area contributed by atoms with Crippen molar-refractivity contribution in [3.63, 3.8) is 0 Å². The molecule has 0 bridgehead atoms. The van der Waals surface area contributed by atoms with E-state index >= 15 is 0 Å². The maximum absolute atomic E-state index is 12.5. The number of esters is 1.